The van der Waals surface area contributed by atoms with Crippen molar-refractivity contribution in [2.75, 3.05) is 30.8 Å². The van der Waals surface area contributed by atoms with E-state index in [1.54, 1.807) is 13.1 Å². The molecular weight excluding hydrogens is 250 g/mol. The third-order valence-electron chi connectivity index (χ3n) is 4.34. The van der Waals surface area contributed by atoms with Gasteiger partial charge in [0.15, 0.2) is 0 Å². The van der Waals surface area contributed by atoms with Crippen LogP contribution in [0.3, 0.4) is 0 Å². The van der Waals surface area contributed by atoms with Crippen molar-refractivity contribution in [2.24, 2.45) is 11.8 Å². The highest BCUT2D eigenvalue weighted by Gasteiger charge is 2.23. The quantitative estimate of drug-likeness (QED) is 0.833. The summed E-state index contributed by atoms with van der Waals surface area (Å²) < 4.78 is 0. The van der Waals surface area contributed by atoms with Crippen LogP contribution in [0.2, 0.25) is 0 Å². The van der Waals surface area contributed by atoms with E-state index in [0.29, 0.717) is 5.56 Å². The van der Waals surface area contributed by atoms with Gasteiger partial charge < -0.3 is 16.0 Å². The molecule has 0 spiro atoms. The molecule has 1 fully saturated rings. The Hall–Kier alpha value is -1.71. The van der Waals surface area contributed by atoms with Crippen molar-refractivity contribution in [3.05, 3.63) is 23.8 Å². The maximum absolute atomic E-state index is 11.7. The molecule has 0 bridgehead atoms. The number of anilines is 2. The Morgan fingerprint density at radius 1 is 1.35 bits per heavy atom. The molecule has 0 radical (unpaired) electrons. The van der Waals surface area contributed by atoms with E-state index in [-0.39, 0.29) is 5.91 Å². The van der Waals surface area contributed by atoms with E-state index in [9.17, 15) is 4.79 Å². The van der Waals surface area contributed by atoms with Gasteiger partial charge in [-0.2, -0.15) is 0 Å². The van der Waals surface area contributed by atoms with Crippen molar-refractivity contribution in [3.63, 3.8) is 0 Å². The number of carbonyl (C=O) groups excluding carboxylic acids is 1. The summed E-state index contributed by atoms with van der Waals surface area (Å²) >= 11 is 0. The predicted molar refractivity (Wildman–Crippen MR) is 84.0 cm³/mol. The molecule has 1 amide bonds. The van der Waals surface area contributed by atoms with Crippen LogP contribution in [0.5, 0.6) is 0 Å². The molecule has 110 valence electrons. The molecule has 1 heterocycles. The predicted octanol–water partition coefficient (Wildman–Crippen LogP) is 2.50. The molecule has 1 aromatic rings. The molecule has 1 aromatic carbocycles. The van der Waals surface area contributed by atoms with Crippen LogP contribution in [0.15, 0.2) is 18.2 Å². The van der Waals surface area contributed by atoms with E-state index in [1.165, 1.54) is 12.8 Å². The van der Waals surface area contributed by atoms with Crippen LogP contribution < -0.4 is 16.0 Å². The fourth-order valence-corrected chi connectivity index (χ4v) is 2.91. The summed E-state index contributed by atoms with van der Waals surface area (Å²) in [5.41, 5.74) is 8.50. The zero-order valence-corrected chi connectivity index (χ0v) is 12.6. The van der Waals surface area contributed by atoms with Crippen LogP contribution in [-0.4, -0.2) is 26.0 Å². The van der Waals surface area contributed by atoms with Gasteiger partial charge in [0.25, 0.3) is 5.91 Å². The number of rotatable bonds is 3. The first-order chi connectivity index (χ1) is 9.52. The zero-order chi connectivity index (χ0) is 14.7. The highest BCUT2D eigenvalue weighted by Crippen LogP contribution is 2.31. The minimum Gasteiger partial charge on any atom is -0.397 e. The zero-order valence-electron chi connectivity index (χ0n) is 12.6. The van der Waals surface area contributed by atoms with Crippen molar-refractivity contribution >= 4 is 17.3 Å². The van der Waals surface area contributed by atoms with Gasteiger partial charge in [0.1, 0.15) is 0 Å². The molecule has 0 unspecified atom stereocenters. The molecule has 0 aliphatic carbocycles. The van der Waals surface area contributed by atoms with E-state index >= 15 is 0 Å². The molecule has 4 nitrogen and oxygen atoms in total. The number of nitrogens with one attached hydrogen (secondary N) is 1. The smallest absolute Gasteiger partial charge is 0.251 e. The van der Waals surface area contributed by atoms with Crippen LogP contribution in [0, 0.1) is 11.8 Å². The number of hydrogen-bond donors (Lipinski definition) is 2. The van der Waals surface area contributed by atoms with Crippen LogP contribution >= 0.6 is 0 Å². The summed E-state index contributed by atoms with van der Waals surface area (Å²) in [6.07, 6.45) is 2.39. The molecule has 3 N–H and O–H groups in total. The fraction of sp³-hybridized carbons (Fsp3) is 0.562. The minimum absolute atomic E-state index is 0.0664. The van der Waals surface area contributed by atoms with Crippen LogP contribution in [0.25, 0.3) is 0 Å². The summed E-state index contributed by atoms with van der Waals surface area (Å²) in [6.45, 7) is 6.62. The Morgan fingerprint density at radius 2 is 2.00 bits per heavy atom. The normalized spacial score (nSPS) is 16.5. The third kappa shape index (κ3) is 3.06. The highest BCUT2D eigenvalue weighted by molar-refractivity contribution is 5.96. The lowest BCUT2D eigenvalue weighted by Crippen LogP contribution is -2.35. The molecule has 0 saturated carbocycles. The molecule has 2 rings (SSSR count). The molecule has 1 aliphatic heterocycles. The lowest BCUT2D eigenvalue weighted by molar-refractivity contribution is 0.0963. The van der Waals surface area contributed by atoms with Crippen molar-refractivity contribution < 1.29 is 4.79 Å². The average Bonchev–Trinajstić information content (AvgIpc) is 2.47. The monoisotopic (exact) mass is 275 g/mol. The van der Waals surface area contributed by atoms with Gasteiger partial charge in [-0.05, 0) is 42.9 Å². The van der Waals surface area contributed by atoms with Crippen LogP contribution in [-0.2, 0) is 0 Å². The second-order valence-electron chi connectivity index (χ2n) is 5.92. The first-order valence-electron chi connectivity index (χ1n) is 7.39. The number of nitrogens with two attached hydrogens (primary N) is 1. The van der Waals surface area contributed by atoms with E-state index in [2.05, 4.69) is 24.1 Å². The first kappa shape index (κ1) is 14.7. The molecule has 4 heteroatoms. The Labute approximate surface area is 121 Å². The average molecular weight is 275 g/mol. The standard InChI is InChI=1S/C16H25N3O/c1-11(2)12-6-8-19(9-7-12)15-10-13(16(20)18-3)4-5-14(15)17/h4-5,10-12H,6-9,17H2,1-3H3,(H,18,20). The van der Waals surface area contributed by atoms with Gasteiger partial charge in [-0.1, -0.05) is 13.8 Å². The SMILES string of the molecule is CNC(=O)c1ccc(N)c(N2CCC(C(C)C)CC2)c1. The lowest BCUT2D eigenvalue weighted by atomic mass is 9.86. The Kier molecular flexibility index (Phi) is 4.53. The van der Waals surface area contributed by atoms with Gasteiger partial charge in [-0.25, -0.2) is 0 Å². The molecule has 1 saturated heterocycles. The van der Waals surface area contributed by atoms with E-state index in [4.69, 9.17) is 5.73 Å². The van der Waals surface area contributed by atoms with Crippen molar-refractivity contribution in [3.8, 4) is 0 Å². The Bertz CT molecular complexity index is 477. The maximum Gasteiger partial charge on any atom is 0.251 e. The number of hydrogen-bond acceptors (Lipinski definition) is 3. The maximum atomic E-state index is 11.7. The van der Waals surface area contributed by atoms with Gasteiger partial charge in [0, 0.05) is 25.7 Å². The summed E-state index contributed by atoms with van der Waals surface area (Å²) in [7, 11) is 1.65. The van der Waals surface area contributed by atoms with Crippen LogP contribution in [0.4, 0.5) is 11.4 Å². The van der Waals surface area contributed by atoms with Crippen molar-refractivity contribution in [2.45, 2.75) is 26.7 Å². The number of benzene rings is 1. The van der Waals surface area contributed by atoms with Gasteiger partial charge in [-0.3, -0.25) is 4.79 Å². The summed E-state index contributed by atoms with van der Waals surface area (Å²) in [4.78, 5) is 14.0. The van der Waals surface area contributed by atoms with E-state index < -0.39 is 0 Å². The number of nitrogen functional groups attached to an aromatic ring is 1. The number of amides is 1. The third-order valence-corrected chi connectivity index (χ3v) is 4.34. The minimum atomic E-state index is -0.0664. The van der Waals surface area contributed by atoms with E-state index in [1.807, 2.05) is 12.1 Å². The number of nitrogens with zero attached hydrogens (tertiary/aromatic N) is 1. The van der Waals surface area contributed by atoms with Crippen molar-refractivity contribution in [1.29, 1.82) is 0 Å². The van der Waals surface area contributed by atoms with Gasteiger partial charge in [-0.15, -0.1) is 0 Å². The molecule has 20 heavy (non-hydrogen) atoms. The summed E-state index contributed by atoms with van der Waals surface area (Å²) in [6, 6.07) is 5.51. The summed E-state index contributed by atoms with van der Waals surface area (Å²) in [5.74, 6) is 1.48. The van der Waals surface area contributed by atoms with Crippen molar-refractivity contribution in [1.82, 2.24) is 5.32 Å². The van der Waals surface area contributed by atoms with Gasteiger partial charge in [0.2, 0.25) is 0 Å². The molecule has 0 atom stereocenters. The topological polar surface area (TPSA) is 58.4 Å². The number of piperidine rings is 1. The number of carbonyl (C=O) groups is 1. The van der Waals surface area contributed by atoms with E-state index in [0.717, 1.165) is 36.3 Å². The second kappa shape index (κ2) is 6.16. The largest absolute Gasteiger partial charge is 0.397 e. The lowest BCUT2D eigenvalue weighted by Gasteiger charge is -2.36. The first-order valence-corrected chi connectivity index (χ1v) is 7.39. The fourth-order valence-electron chi connectivity index (χ4n) is 2.91. The molecule has 1 aliphatic rings. The second-order valence-corrected chi connectivity index (χ2v) is 5.92. The summed E-state index contributed by atoms with van der Waals surface area (Å²) in [5, 5.41) is 2.65. The highest BCUT2D eigenvalue weighted by atomic mass is 16.1. The van der Waals surface area contributed by atoms with Crippen LogP contribution in [0.1, 0.15) is 37.0 Å². The van der Waals surface area contributed by atoms with Gasteiger partial charge in [0.05, 0.1) is 11.4 Å². The Balaban J connectivity index is 2.15. The molecular formula is C16H25N3O. The molecule has 0 aromatic heterocycles. The van der Waals surface area contributed by atoms with Gasteiger partial charge >= 0.3 is 0 Å². The Morgan fingerprint density at radius 3 is 2.55 bits per heavy atom.